The van der Waals surface area contributed by atoms with E-state index in [0.29, 0.717) is 23.0 Å². The SMILES string of the molecule is CSc1ccc(CNC(=O)Cc2ccc(Cl)c(Cl)c2)cc1. The van der Waals surface area contributed by atoms with E-state index in [2.05, 4.69) is 5.32 Å². The molecule has 0 unspecified atom stereocenters. The van der Waals surface area contributed by atoms with Gasteiger partial charge in [0.25, 0.3) is 0 Å². The van der Waals surface area contributed by atoms with Crippen molar-refractivity contribution in [2.24, 2.45) is 0 Å². The maximum atomic E-state index is 11.9. The van der Waals surface area contributed by atoms with Crippen molar-refractivity contribution in [3.8, 4) is 0 Å². The van der Waals surface area contributed by atoms with Gasteiger partial charge in [-0.1, -0.05) is 41.4 Å². The van der Waals surface area contributed by atoms with E-state index in [-0.39, 0.29) is 5.91 Å². The van der Waals surface area contributed by atoms with Gasteiger partial charge in [-0.3, -0.25) is 4.79 Å². The lowest BCUT2D eigenvalue weighted by molar-refractivity contribution is -0.120. The van der Waals surface area contributed by atoms with Gasteiger partial charge in [0, 0.05) is 11.4 Å². The average molecular weight is 340 g/mol. The Morgan fingerprint density at radius 1 is 1.05 bits per heavy atom. The first-order valence-corrected chi connectivity index (χ1v) is 8.40. The van der Waals surface area contributed by atoms with Gasteiger partial charge < -0.3 is 5.32 Å². The molecule has 2 nitrogen and oxygen atoms in total. The highest BCUT2D eigenvalue weighted by atomic mass is 35.5. The molecule has 0 saturated carbocycles. The van der Waals surface area contributed by atoms with Crippen molar-refractivity contribution in [1.29, 1.82) is 0 Å². The second-order valence-electron chi connectivity index (χ2n) is 4.55. The molecule has 0 radical (unpaired) electrons. The second-order valence-corrected chi connectivity index (χ2v) is 6.24. The summed E-state index contributed by atoms with van der Waals surface area (Å²) in [6.45, 7) is 0.523. The summed E-state index contributed by atoms with van der Waals surface area (Å²) in [7, 11) is 0. The van der Waals surface area contributed by atoms with Gasteiger partial charge >= 0.3 is 0 Å². The monoisotopic (exact) mass is 339 g/mol. The van der Waals surface area contributed by atoms with Crippen molar-refractivity contribution < 1.29 is 4.79 Å². The first-order chi connectivity index (χ1) is 10.1. The Kier molecular flexibility index (Phi) is 5.97. The summed E-state index contributed by atoms with van der Waals surface area (Å²) in [5.41, 5.74) is 1.93. The van der Waals surface area contributed by atoms with Crippen LogP contribution in [0.2, 0.25) is 10.0 Å². The van der Waals surface area contributed by atoms with Gasteiger partial charge in [0.05, 0.1) is 16.5 Å². The smallest absolute Gasteiger partial charge is 0.224 e. The summed E-state index contributed by atoms with van der Waals surface area (Å²) < 4.78 is 0. The third kappa shape index (κ3) is 4.95. The van der Waals surface area contributed by atoms with Gasteiger partial charge in [-0.05, 0) is 41.6 Å². The standard InChI is InChI=1S/C16H15Cl2NOS/c1-21-13-5-2-11(3-6-13)10-19-16(20)9-12-4-7-14(17)15(18)8-12/h2-8H,9-10H2,1H3,(H,19,20). The Balaban J connectivity index is 1.87. The van der Waals surface area contributed by atoms with E-state index in [0.717, 1.165) is 11.1 Å². The third-order valence-electron chi connectivity index (χ3n) is 3.00. The maximum absolute atomic E-state index is 11.9. The van der Waals surface area contributed by atoms with Crippen LogP contribution in [0.4, 0.5) is 0 Å². The van der Waals surface area contributed by atoms with Crippen LogP contribution < -0.4 is 5.32 Å². The first-order valence-electron chi connectivity index (χ1n) is 6.42. The molecular weight excluding hydrogens is 325 g/mol. The molecule has 5 heteroatoms. The summed E-state index contributed by atoms with van der Waals surface area (Å²) >= 11 is 13.5. The molecule has 0 fully saturated rings. The number of carbonyl (C=O) groups excluding carboxylic acids is 1. The molecule has 0 aromatic heterocycles. The van der Waals surface area contributed by atoms with Crippen molar-refractivity contribution >= 4 is 40.9 Å². The number of halogens is 2. The number of nitrogens with one attached hydrogen (secondary N) is 1. The highest BCUT2D eigenvalue weighted by Crippen LogP contribution is 2.22. The Morgan fingerprint density at radius 3 is 2.33 bits per heavy atom. The lowest BCUT2D eigenvalue weighted by atomic mass is 10.1. The number of thioether (sulfide) groups is 1. The molecule has 110 valence electrons. The van der Waals surface area contributed by atoms with E-state index < -0.39 is 0 Å². The summed E-state index contributed by atoms with van der Waals surface area (Å²) in [6.07, 6.45) is 2.33. The Morgan fingerprint density at radius 2 is 1.71 bits per heavy atom. The normalized spacial score (nSPS) is 10.4. The molecule has 2 rings (SSSR count). The number of hydrogen-bond donors (Lipinski definition) is 1. The third-order valence-corrected chi connectivity index (χ3v) is 4.48. The molecule has 0 aliphatic heterocycles. The number of carbonyl (C=O) groups is 1. The van der Waals surface area contributed by atoms with E-state index in [4.69, 9.17) is 23.2 Å². The van der Waals surface area contributed by atoms with Crippen molar-refractivity contribution in [3.05, 3.63) is 63.6 Å². The lowest BCUT2D eigenvalue weighted by Gasteiger charge is -2.07. The van der Waals surface area contributed by atoms with Gasteiger partial charge in [-0.15, -0.1) is 11.8 Å². The minimum Gasteiger partial charge on any atom is -0.352 e. The highest BCUT2D eigenvalue weighted by molar-refractivity contribution is 7.98. The lowest BCUT2D eigenvalue weighted by Crippen LogP contribution is -2.24. The molecule has 21 heavy (non-hydrogen) atoms. The molecule has 2 aromatic rings. The van der Waals surface area contributed by atoms with Crippen LogP contribution in [0, 0.1) is 0 Å². The van der Waals surface area contributed by atoms with Crippen molar-refractivity contribution in [2.75, 3.05) is 6.26 Å². The van der Waals surface area contributed by atoms with Crippen LogP contribution in [0.25, 0.3) is 0 Å². The molecule has 0 aliphatic rings. The van der Waals surface area contributed by atoms with Gasteiger partial charge in [0.2, 0.25) is 5.91 Å². The molecule has 0 spiro atoms. The Labute approximate surface area is 138 Å². The first kappa shape index (κ1) is 16.2. The number of amides is 1. The summed E-state index contributed by atoms with van der Waals surface area (Å²) in [5, 5.41) is 3.86. The van der Waals surface area contributed by atoms with Crippen LogP contribution >= 0.6 is 35.0 Å². The molecule has 0 heterocycles. The van der Waals surface area contributed by atoms with Crippen LogP contribution in [-0.2, 0) is 17.8 Å². The fourth-order valence-corrected chi connectivity index (χ4v) is 2.57. The van der Waals surface area contributed by atoms with Gasteiger partial charge in [-0.2, -0.15) is 0 Å². The molecule has 1 amide bonds. The molecule has 1 N–H and O–H groups in total. The van der Waals surface area contributed by atoms with E-state index >= 15 is 0 Å². The molecule has 0 atom stereocenters. The predicted molar refractivity (Wildman–Crippen MR) is 90.2 cm³/mol. The maximum Gasteiger partial charge on any atom is 0.224 e. The zero-order chi connectivity index (χ0) is 15.2. The van der Waals surface area contributed by atoms with E-state index in [9.17, 15) is 4.79 Å². The van der Waals surface area contributed by atoms with Crippen LogP contribution in [0.15, 0.2) is 47.4 Å². The number of benzene rings is 2. The second kappa shape index (κ2) is 7.74. The summed E-state index contributed by atoms with van der Waals surface area (Å²) in [4.78, 5) is 13.1. The fourth-order valence-electron chi connectivity index (χ4n) is 1.84. The Hall–Kier alpha value is -1.16. The predicted octanol–water partition coefficient (Wildman–Crippen LogP) is 4.57. The minimum absolute atomic E-state index is 0.0395. The topological polar surface area (TPSA) is 29.1 Å². The summed E-state index contributed by atoms with van der Waals surface area (Å²) in [6, 6.07) is 13.4. The molecular formula is C16H15Cl2NOS. The number of hydrogen-bond acceptors (Lipinski definition) is 2. The summed E-state index contributed by atoms with van der Waals surface area (Å²) in [5.74, 6) is -0.0395. The highest BCUT2D eigenvalue weighted by Gasteiger charge is 2.05. The van der Waals surface area contributed by atoms with Crippen molar-refractivity contribution in [2.45, 2.75) is 17.9 Å². The largest absolute Gasteiger partial charge is 0.352 e. The average Bonchev–Trinajstić information content (AvgIpc) is 2.49. The van der Waals surface area contributed by atoms with Gasteiger partial charge in [0.1, 0.15) is 0 Å². The zero-order valence-electron chi connectivity index (χ0n) is 11.5. The van der Waals surface area contributed by atoms with E-state index in [1.54, 1.807) is 30.0 Å². The molecule has 0 bridgehead atoms. The van der Waals surface area contributed by atoms with Gasteiger partial charge in [0.15, 0.2) is 0 Å². The van der Waals surface area contributed by atoms with Crippen LogP contribution in [0.3, 0.4) is 0 Å². The van der Waals surface area contributed by atoms with Gasteiger partial charge in [-0.25, -0.2) is 0 Å². The minimum atomic E-state index is -0.0395. The molecule has 0 aliphatic carbocycles. The fraction of sp³-hybridized carbons (Fsp3) is 0.188. The van der Waals surface area contributed by atoms with Crippen LogP contribution in [0.1, 0.15) is 11.1 Å². The zero-order valence-corrected chi connectivity index (χ0v) is 13.9. The van der Waals surface area contributed by atoms with Crippen LogP contribution in [-0.4, -0.2) is 12.2 Å². The van der Waals surface area contributed by atoms with E-state index in [1.807, 2.05) is 30.5 Å². The quantitative estimate of drug-likeness (QED) is 0.808. The van der Waals surface area contributed by atoms with E-state index in [1.165, 1.54) is 4.90 Å². The Bertz CT molecular complexity index is 629. The molecule has 2 aromatic carbocycles. The number of rotatable bonds is 5. The van der Waals surface area contributed by atoms with Crippen LogP contribution in [0.5, 0.6) is 0 Å². The van der Waals surface area contributed by atoms with Crippen molar-refractivity contribution in [1.82, 2.24) is 5.32 Å². The molecule has 0 saturated heterocycles. The van der Waals surface area contributed by atoms with Crippen molar-refractivity contribution in [3.63, 3.8) is 0 Å².